The summed E-state index contributed by atoms with van der Waals surface area (Å²) in [7, 11) is -3.71. The second kappa shape index (κ2) is 5.21. The van der Waals surface area contributed by atoms with Gasteiger partial charge in [-0.25, -0.2) is 13.4 Å². The Morgan fingerprint density at radius 1 is 1.17 bits per heavy atom. The Kier molecular flexibility index (Phi) is 3.28. The molecule has 0 saturated heterocycles. The number of benzene rings is 1. The normalized spacial score (nSPS) is 15.0. The summed E-state index contributed by atoms with van der Waals surface area (Å²) in [5.74, 6) is 0.828. The third kappa shape index (κ3) is 2.77. The van der Waals surface area contributed by atoms with E-state index in [0.717, 1.165) is 18.5 Å². The van der Waals surface area contributed by atoms with Gasteiger partial charge in [0, 0.05) is 23.2 Å². The molecule has 3 aromatic rings. The summed E-state index contributed by atoms with van der Waals surface area (Å²) in [4.78, 5) is 4.38. The Balaban J connectivity index is 1.72. The third-order valence-electron chi connectivity index (χ3n) is 3.74. The Labute approximate surface area is 138 Å². The van der Waals surface area contributed by atoms with E-state index in [1.807, 2.05) is 6.07 Å². The molecule has 0 unspecified atom stereocenters. The molecule has 1 fully saturated rings. The lowest BCUT2D eigenvalue weighted by Crippen LogP contribution is -2.15. The average Bonchev–Trinajstić information content (AvgIpc) is 3.27. The van der Waals surface area contributed by atoms with Gasteiger partial charge in [-0.3, -0.25) is 4.72 Å². The van der Waals surface area contributed by atoms with E-state index in [9.17, 15) is 8.42 Å². The molecular formula is C15H13ClN4O2S. The fraction of sp³-hybridized carbons (Fsp3) is 0.200. The highest BCUT2D eigenvalue weighted by molar-refractivity contribution is 7.92. The van der Waals surface area contributed by atoms with Crippen molar-refractivity contribution in [1.29, 1.82) is 0 Å². The smallest absolute Gasteiger partial charge is 0.263 e. The third-order valence-corrected chi connectivity index (χ3v) is 5.36. The summed E-state index contributed by atoms with van der Waals surface area (Å²) in [5.41, 5.74) is 1.58. The van der Waals surface area contributed by atoms with Crippen molar-refractivity contribution in [1.82, 2.24) is 14.6 Å². The van der Waals surface area contributed by atoms with Gasteiger partial charge in [0.05, 0.1) is 10.6 Å². The van der Waals surface area contributed by atoms with Gasteiger partial charge < -0.3 is 0 Å². The molecule has 0 amide bonds. The molecule has 23 heavy (non-hydrogen) atoms. The fourth-order valence-corrected chi connectivity index (χ4v) is 3.55. The van der Waals surface area contributed by atoms with E-state index in [1.54, 1.807) is 12.3 Å². The molecule has 2 aromatic heterocycles. The molecule has 118 valence electrons. The van der Waals surface area contributed by atoms with Crippen LogP contribution in [0.2, 0.25) is 5.02 Å². The van der Waals surface area contributed by atoms with Crippen molar-refractivity contribution in [2.45, 2.75) is 23.7 Å². The van der Waals surface area contributed by atoms with Gasteiger partial charge in [0.2, 0.25) is 0 Å². The van der Waals surface area contributed by atoms with E-state index in [2.05, 4.69) is 14.8 Å². The molecule has 0 bridgehead atoms. The standard InChI is InChI=1S/C15H13ClN4O2S/c16-11-3-5-12(6-4-11)23(21,22)19-14-7-8-17-15-9-13(10-1-2-10)18-20(14)15/h3-10,19H,1-2H2. The van der Waals surface area contributed by atoms with Crippen LogP contribution in [-0.4, -0.2) is 23.0 Å². The summed E-state index contributed by atoms with van der Waals surface area (Å²) >= 11 is 5.80. The average molecular weight is 349 g/mol. The van der Waals surface area contributed by atoms with Crippen LogP contribution >= 0.6 is 11.6 Å². The van der Waals surface area contributed by atoms with Crippen molar-refractivity contribution in [2.75, 3.05) is 4.72 Å². The van der Waals surface area contributed by atoms with Crippen LogP contribution in [0.1, 0.15) is 24.5 Å². The predicted octanol–water partition coefficient (Wildman–Crippen LogP) is 3.06. The number of sulfonamides is 1. The maximum Gasteiger partial charge on any atom is 0.263 e. The van der Waals surface area contributed by atoms with Crippen LogP contribution in [0.25, 0.3) is 5.65 Å². The molecule has 6 nitrogen and oxygen atoms in total. The second-order valence-corrected chi connectivity index (χ2v) is 7.62. The molecular weight excluding hydrogens is 336 g/mol. The SMILES string of the molecule is O=S(=O)(Nc1ccnc2cc(C3CC3)nn12)c1ccc(Cl)cc1. The summed E-state index contributed by atoms with van der Waals surface area (Å²) in [6.07, 6.45) is 3.80. The molecule has 0 atom stereocenters. The highest BCUT2D eigenvalue weighted by Gasteiger charge is 2.27. The number of hydrogen-bond donors (Lipinski definition) is 1. The summed E-state index contributed by atoms with van der Waals surface area (Å²) < 4.78 is 29.1. The van der Waals surface area contributed by atoms with Crippen LogP contribution < -0.4 is 4.72 Å². The van der Waals surface area contributed by atoms with Crippen LogP contribution in [0.15, 0.2) is 47.5 Å². The first-order chi connectivity index (χ1) is 11.0. The van der Waals surface area contributed by atoms with Gasteiger partial charge in [-0.2, -0.15) is 9.61 Å². The fourth-order valence-electron chi connectivity index (χ4n) is 2.38. The van der Waals surface area contributed by atoms with E-state index in [1.165, 1.54) is 28.8 Å². The number of fused-ring (bicyclic) bond motifs is 1. The quantitative estimate of drug-likeness (QED) is 0.786. The van der Waals surface area contributed by atoms with Crippen LogP contribution in [0.3, 0.4) is 0 Å². The summed E-state index contributed by atoms with van der Waals surface area (Å²) in [6, 6.07) is 9.49. The molecule has 1 aliphatic rings. The van der Waals surface area contributed by atoms with Crippen LogP contribution in [0, 0.1) is 0 Å². The predicted molar refractivity (Wildman–Crippen MR) is 87.2 cm³/mol. The van der Waals surface area contributed by atoms with Crippen molar-refractivity contribution in [3.05, 3.63) is 53.3 Å². The maximum absolute atomic E-state index is 12.5. The molecule has 1 saturated carbocycles. The first kappa shape index (κ1) is 14.5. The lowest BCUT2D eigenvalue weighted by atomic mass is 10.3. The van der Waals surface area contributed by atoms with E-state index < -0.39 is 10.0 Å². The Morgan fingerprint density at radius 2 is 1.91 bits per heavy atom. The Hall–Kier alpha value is -2.12. The van der Waals surface area contributed by atoms with Gasteiger partial charge in [-0.1, -0.05) is 11.6 Å². The molecule has 2 heterocycles. The summed E-state index contributed by atoms with van der Waals surface area (Å²) in [5, 5.41) is 4.96. The van der Waals surface area contributed by atoms with Crippen molar-refractivity contribution < 1.29 is 8.42 Å². The van der Waals surface area contributed by atoms with Crippen LogP contribution in [0.5, 0.6) is 0 Å². The van der Waals surface area contributed by atoms with Crippen molar-refractivity contribution in [2.24, 2.45) is 0 Å². The van der Waals surface area contributed by atoms with Gasteiger partial charge in [0.15, 0.2) is 5.65 Å². The van der Waals surface area contributed by atoms with Crippen molar-refractivity contribution in [3.8, 4) is 0 Å². The van der Waals surface area contributed by atoms with Gasteiger partial charge >= 0.3 is 0 Å². The number of nitrogens with one attached hydrogen (secondary N) is 1. The highest BCUT2D eigenvalue weighted by atomic mass is 35.5. The van der Waals surface area contributed by atoms with Gasteiger partial charge in [-0.05, 0) is 43.2 Å². The van der Waals surface area contributed by atoms with Gasteiger partial charge in [0.25, 0.3) is 10.0 Å². The molecule has 1 N–H and O–H groups in total. The topological polar surface area (TPSA) is 76.4 Å². The zero-order valence-electron chi connectivity index (χ0n) is 12.0. The zero-order chi connectivity index (χ0) is 16.0. The zero-order valence-corrected chi connectivity index (χ0v) is 13.5. The van der Waals surface area contributed by atoms with Crippen LogP contribution in [-0.2, 0) is 10.0 Å². The van der Waals surface area contributed by atoms with E-state index in [-0.39, 0.29) is 4.90 Å². The summed E-state index contributed by atoms with van der Waals surface area (Å²) in [6.45, 7) is 0. The lowest BCUT2D eigenvalue weighted by Gasteiger charge is -2.09. The van der Waals surface area contributed by atoms with Gasteiger partial charge in [0.1, 0.15) is 5.82 Å². The minimum absolute atomic E-state index is 0.140. The molecule has 4 rings (SSSR count). The van der Waals surface area contributed by atoms with Crippen molar-refractivity contribution in [3.63, 3.8) is 0 Å². The first-order valence-corrected chi connectivity index (χ1v) is 9.02. The minimum Gasteiger partial charge on any atom is -0.263 e. The lowest BCUT2D eigenvalue weighted by molar-refractivity contribution is 0.600. The minimum atomic E-state index is -3.71. The van der Waals surface area contributed by atoms with E-state index in [4.69, 9.17) is 11.6 Å². The number of nitrogens with zero attached hydrogens (tertiary/aromatic N) is 3. The van der Waals surface area contributed by atoms with Gasteiger partial charge in [-0.15, -0.1) is 0 Å². The van der Waals surface area contributed by atoms with Crippen molar-refractivity contribution >= 4 is 33.1 Å². The number of rotatable bonds is 4. The molecule has 1 aliphatic carbocycles. The second-order valence-electron chi connectivity index (χ2n) is 5.50. The molecule has 1 aromatic carbocycles. The highest BCUT2D eigenvalue weighted by Crippen LogP contribution is 2.39. The molecule has 8 heteroatoms. The number of anilines is 1. The number of aromatic nitrogens is 3. The molecule has 0 radical (unpaired) electrons. The Morgan fingerprint density at radius 3 is 2.61 bits per heavy atom. The Bertz CT molecular complexity index is 978. The first-order valence-electron chi connectivity index (χ1n) is 7.16. The van der Waals surface area contributed by atoms with E-state index >= 15 is 0 Å². The molecule has 0 spiro atoms. The molecule has 0 aliphatic heterocycles. The largest absolute Gasteiger partial charge is 0.263 e. The monoisotopic (exact) mass is 348 g/mol. The number of hydrogen-bond acceptors (Lipinski definition) is 4. The maximum atomic E-state index is 12.5. The number of halogens is 1. The van der Waals surface area contributed by atoms with E-state index in [0.29, 0.717) is 22.4 Å². The van der Waals surface area contributed by atoms with Crippen LogP contribution in [0.4, 0.5) is 5.82 Å².